The zero-order valence-corrected chi connectivity index (χ0v) is 17.7. The van der Waals surface area contributed by atoms with Gasteiger partial charge in [-0.25, -0.2) is 0 Å². The highest BCUT2D eigenvalue weighted by Crippen LogP contribution is 2.29. The number of methoxy groups -OCH3 is 1. The summed E-state index contributed by atoms with van der Waals surface area (Å²) in [5.74, 6) is -0.402. The third kappa shape index (κ3) is 4.79. The van der Waals surface area contributed by atoms with Crippen LogP contribution in [0.2, 0.25) is 0 Å². The van der Waals surface area contributed by atoms with Crippen molar-refractivity contribution in [2.24, 2.45) is 0 Å². The summed E-state index contributed by atoms with van der Waals surface area (Å²) in [6.07, 6.45) is -3.93. The molecule has 0 saturated carbocycles. The number of carbonyl (C=O) groups is 3. The maximum Gasteiger partial charge on any atom is 0.416 e. The summed E-state index contributed by atoms with van der Waals surface area (Å²) in [6.45, 7) is 0.155. The summed E-state index contributed by atoms with van der Waals surface area (Å²) in [7, 11) is 1.56. The van der Waals surface area contributed by atoms with E-state index >= 15 is 0 Å². The summed E-state index contributed by atoms with van der Waals surface area (Å²) in [4.78, 5) is 39.5. The molecule has 7 nitrogen and oxygen atoms in total. The summed E-state index contributed by atoms with van der Waals surface area (Å²) in [6, 6.07) is 9.18. The second-order valence-corrected chi connectivity index (χ2v) is 8.10. The van der Waals surface area contributed by atoms with E-state index in [4.69, 9.17) is 4.74 Å². The SMILES string of the molecule is COc1ccc(C[C@@H]2NC(=O)[C@@H]3C[C@H](NC(=O)c4ccc(C(F)(F)F)cc4)CN3C2=O)cc1. The van der Waals surface area contributed by atoms with E-state index in [1.54, 1.807) is 19.2 Å². The topological polar surface area (TPSA) is 87.7 Å². The number of hydrogen-bond acceptors (Lipinski definition) is 4. The number of halogens is 3. The van der Waals surface area contributed by atoms with Gasteiger partial charge in [-0.15, -0.1) is 0 Å². The lowest BCUT2D eigenvalue weighted by molar-refractivity contribution is -0.147. The van der Waals surface area contributed by atoms with Crippen molar-refractivity contribution >= 4 is 17.7 Å². The minimum atomic E-state index is -4.49. The van der Waals surface area contributed by atoms with Crippen LogP contribution >= 0.6 is 0 Å². The summed E-state index contributed by atoms with van der Waals surface area (Å²) in [5.41, 5.74) is 0.0857. The zero-order valence-electron chi connectivity index (χ0n) is 17.7. The number of benzene rings is 2. The van der Waals surface area contributed by atoms with Gasteiger partial charge in [0.1, 0.15) is 17.8 Å². The molecule has 2 aliphatic rings. The van der Waals surface area contributed by atoms with Gasteiger partial charge in [-0.05, 0) is 48.4 Å². The lowest BCUT2D eigenvalue weighted by Gasteiger charge is -2.34. The molecule has 4 rings (SSSR count). The van der Waals surface area contributed by atoms with Crippen LogP contribution in [0.25, 0.3) is 0 Å². The molecule has 2 saturated heterocycles. The highest BCUT2D eigenvalue weighted by Gasteiger charge is 2.46. The Balaban J connectivity index is 1.39. The fourth-order valence-corrected chi connectivity index (χ4v) is 4.18. The number of nitrogens with one attached hydrogen (secondary N) is 2. The van der Waals surface area contributed by atoms with E-state index < -0.39 is 35.8 Å². The third-order valence-corrected chi connectivity index (χ3v) is 5.91. The maximum absolute atomic E-state index is 13.0. The second kappa shape index (κ2) is 8.76. The van der Waals surface area contributed by atoms with Crippen LogP contribution in [-0.4, -0.2) is 54.4 Å². The molecule has 2 heterocycles. The van der Waals surface area contributed by atoms with E-state index in [0.717, 1.165) is 29.8 Å². The molecule has 2 fully saturated rings. The summed E-state index contributed by atoms with van der Waals surface area (Å²) in [5, 5.41) is 5.48. The van der Waals surface area contributed by atoms with Crippen LogP contribution in [0.5, 0.6) is 5.75 Å². The number of amides is 3. The van der Waals surface area contributed by atoms with Gasteiger partial charge in [0, 0.05) is 24.6 Å². The molecule has 174 valence electrons. The number of fused-ring (bicyclic) bond motifs is 1. The molecular formula is C23H22F3N3O4. The van der Waals surface area contributed by atoms with Gasteiger partial charge in [0.25, 0.3) is 5.91 Å². The number of alkyl halides is 3. The smallest absolute Gasteiger partial charge is 0.416 e. The predicted octanol–water partition coefficient (Wildman–Crippen LogP) is 2.15. The molecule has 2 aromatic rings. The van der Waals surface area contributed by atoms with Crippen molar-refractivity contribution in [2.75, 3.05) is 13.7 Å². The van der Waals surface area contributed by atoms with Gasteiger partial charge in [0.2, 0.25) is 11.8 Å². The Morgan fingerprint density at radius 2 is 1.79 bits per heavy atom. The Labute approximate surface area is 187 Å². The molecule has 2 aromatic carbocycles. The van der Waals surface area contributed by atoms with Crippen LogP contribution in [-0.2, 0) is 22.2 Å². The van der Waals surface area contributed by atoms with Crippen molar-refractivity contribution in [3.05, 3.63) is 65.2 Å². The van der Waals surface area contributed by atoms with Crippen molar-refractivity contribution < 1.29 is 32.3 Å². The molecule has 0 unspecified atom stereocenters. The van der Waals surface area contributed by atoms with Crippen LogP contribution in [0.15, 0.2) is 48.5 Å². The molecule has 0 spiro atoms. The average molecular weight is 461 g/mol. The molecule has 2 N–H and O–H groups in total. The molecule has 0 aromatic heterocycles. The van der Waals surface area contributed by atoms with E-state index in [0.29, 0.717) is 12.2 Å². The second-order valence-electron chi connectivity index (χ2n) is 8.10. The van der Waals surface area contributed by atoms with Crippen molar-refractivity contribution in [3.63, 3.8) is 0 Å². The largest absolute Gasteiger partial charge is 0.497 e. The first-order chi connectivity index (χ1) is 15.7. The summed E-state index contributed by atoms with van der Waals surface area (Å²) >= 11 is 0. The van der Waals surface area contributed by atoms with Gasteiger partial charge < -0.3 is 20.3 Å². The molecular weight excluding hydrogens is 439 g/mol. The normalized spacial score (nSPS) is 22.5. The van der Waals surface area contributed by atoms with Crippen molar-refractivity contribution in [2.45, 2.75) is 37.1 Å². The van der Waals surface area contributed by atoms with Crippen molar-refractivity contribution in [1.82, 2.24) is 15.5 Å². The first kappa shape index (κ1) is 22.6. The highest BCUT2D eigenvalue weighted by atomic mass is 19.4. The van der Waals surface area contributed by atoms with Gasteiger partial charge in [0.15, 0.2) is 0 Å². The standard InChI is InChI=1S/C23H22F3N3O4/c1-33-17-8-2-13(3-9-17)10-18-22(32)29-12-16(11-19(29)21(31)28-18)27-20(30)14-4-6-15(7-5-14)23(24,25)26/h2-9,16,18-19H,10-12H2,1H3,(H,27,30)(H,28,31)/t16-,18-,19-/m0/s1. The van der Waals surface area contributed by atoms with E-state index in [9.17, 15) is 27.6 Å². The van der Waals surface area contributed by atoms with Gasteiger partial charge in [-0.2, -0.15) is 13.2 Å². The molecule has 3 amide bonds. The van der Waals surface area contributed by atoms with Crippen molar-refractivity contribution in [1.29, 1.82) is 0 Å². The molecule has 0 aliphatic carbocycles. The molecule has 33 heavy (non-hydrogen) atoms. The maximum atomic E-state index is 13.0. The number of rotatable bonds is 5. The van der Waals surface area contributed by atoms with E-state index in [1.807, 2.05) is 12.1 Å². The molecule has 10 heteroatoms. The summed E-state index contributed by atoms with van der Waals surface area (Å²) < 4.78 is 43.3. The van der Waals surface area contributed by atoms with Crippen LogP contribution in [0.3, 0.4) is 0 Å². The van der Waals surface area contributed by atoms with Gasteiger partial charge in [0.05, 0.1) is 12.7 Å². The zero-order chi connectivity index (χ0) is 23.8. The van der Waals surface area contributed by atoms with Crippen LogP contribution in [0.4, 0.5) is 13.2 Å². The average Bonchev–Trinajstić information content (AvgIpc) is 3.22. The molecule has 3 atom stereocenters. The lowest BCUT2D eigenvalue weighted by Crippen LogP contribution is -2.61. The van der Waals surface area contributed by atoms with E-state index in [1.165, 1.54) is 4.90 Å². The van der Waals surface area contributed by atoms with Gasteiger partial charge in [-0.1, -0.05) is 12.1 Å². The quantitative estimate of drug-likeness (QED) is 0.715. The monoisotopic (exact) mass is 461 g/mol. The number of hydrogen-bond donors (Lipinski definition) is 2. The third-order valence-electron chi connectivity index (χ3n) is 5.91. The predicted molar refractivity (Wildman–Crippen MR) is 111 cm³/mol. The first-order valence-corrected chi connectivity index (χ1v) is 10.4. The minimum Gasteiger partial charge on any atom is -0.497 e. The van der Waals surface area contributed by atoms with Gasteiger partial charge in [-0.3, -0.25) is 14.4 Å². The Hall–Kier alpha value is -3.56. The Bertz CT molecular complexity index is 1050. The Kier molecular flexibility index (Phi) is 6.01. The fraction of sp³-hybridized carbons (Fsp3) is 0.348. The lowest BCUT2D eigenvalue weighted by atomic mass is 10.0. The van der Waals surface area contributed by atoms with Crippen LogP contribution in [0, 0.1) is 0 Å². The van der Waals surface area contributed by atoms with E-state index in [-0.39, 0.29) is 30.3 Å². The molecule has 0 bridgehead atoms. The fourth-order valence-electron chi connectivity index (χ4n) is 4.18. The van der Waals surface area contributed by atoms with Crippen molar-refractivity contribution in [3.8, 4) is 5.75 Å². The van der Waals surface area contributed by atoms with Crippen LogP contribution < -0.4 is 15.4 Å². The number of nitrogens with zero attached hydrogens (tertiary/aromatic N) is 1. The van der Waals surface area contributed by atoms with Crippen LogP contribution in [0.1, 0.15) is 27.9 Å². The van der Waals surface area contributed by atoms with E-state index in [2.05, 4.69) is 10.6 Å². The first-order valence-electron chi connectivity index (χ1n) is 10.4. The Morgan fingerprint density at radius 1 is 1.12 bits per heavy atom. The number of carbonyl (C=O) groups excluding carboxylic acids is 3. The van der Waals surface area contributed by atoms with Gasteiger partial charge >= 0.3 is 6.18 Å². The molecule has 0 radical (unpaired) electrons. The molecule has 2 aliphatic heterocycles. The number of piperazine rings is 1. The number of ether oxygens (including phenoxy) is 1. The highest BCUT2D eigenvalue weighted by molar-refractivity contribution is 5.98. The minimum absolute atomic E-state index is 0.0704. The Morgan fingerprint density at radius 3 is 2.39 bits per heavy atom.